The highest BCUT2D eigenvalue weighted by Crippen LogP contribution is 2.23. The van der Waals surface area contributed by atoms with E-state index in [1.165, 1.54) is 22.2 Å². The summed E-state index contributed by atoms with van der Waals surface area (Å²) in [5.41, 5.74) is 4.13. The fraction of sp³-hybridized carbons (Fsp3) is 0.333. The lowest BCUT2D eigenvalue weighted by molar-refractivity contribution is 0.906. The van der Waals surface area contributed by atoms with Crippen molar-refractivity contribution >= 4 is 22.7 Å². The van der Waals surface area contributed by atoms with Gasteiger partial charge in [0.25, 0.3) is 0 Å². The number of rotatable bonds is 2. The molecule has 2 rings (SSSR count). The van der Waals surface area contributed by atoms with Gasteiger partial charge in [0.05, 0.1) is 5.52 Å². The minimum atomic E-state index is 1.09. The number of fused-ring (bicyclic) bond motifs is 1. The SMILES string of the molecule is CSCc1cc2cccc(C)c2n1C. The Bertz CT molecular complexity index is 457. The van der Waals surface area contributed by atoms with Crippen molar-refractivity contribution in [2.75, 3.05) is 6.26 Å². The molecule has 2 aromatic rings. The van der Waals surface area contributed by atoms with Gasteiger partial charge >= 0.3 is 0 Å². The highest BCUT2D eigenvalue weighted by molar-refractivity contribution is 7.97. The van der Waals surface area contributed by atoms with Gasteiger partial charge < -0.3 is 4.57 Å². The van der Waals surface area contributed by atoms with Crippen molar-refractivity contribution in [3.05, 3.63) is 35.5 Å². The molecule has 1 aromatic carbocycles. The maximum absolute atomic E-state index is 2.31. The Morgan fingerprint density at radius 2 is 2.14 bits per heavy atom. The van der Waals surface area contributed by atoms with Crippen LogP contribution in [0.15, 0.2) is 24.3 Å². The third kappa shape index (κ3) is 1.44. The van der Waals surface area contributed by atoms with Gasteiger partial charge in [0.15, 0.2) is 0 Å². The highest BCUT2D eigenvalue weighted by atomic mass is 32.2. The predicted molar refractivity (Wildman–Crippen MR) is 64.9 cm³/mol. The van der Waals surface area contributed by atoms with Crippen LogP contribution in [0.25, 0.3) is 10.9 Å². The first-order valence-electron chi connectivity index (χ1n) is 4.77. The van der Waals surface area contributed by atoms with Gasteiger partial charge in [-0.1, -0.05) is 18.2 Å². The summed E-state index contributed by atoms with van der Waals surface area (Å²) in [6.45, 7) is 2.17. The summed E-state index contributed by atoms with van der Waals surface area (Å²) in [7, 11) is 2.15. The Morgan fingerprint density at radius 3 is 2.79 bits per heavy atom. The van der Waals surface area contributed by atoms with Crippen LogP contribution in [0.4, 0.5) is 0 Å². The molecular weight excluding hydrogens is 190 g/mol. The van der Waals surface area contributed by atoms with Gasteiger partial charge in [0.1, 0.15) is 0 Å². The molecule has 0 bridgehead atoms. The van der Waals surface area contributed by atoms with Crippen molar-refractivity contribution in [2.24, 2.45) is 7.05 Å². The van der Waals surface area contributed by atoms with E-state index in [1.807, 2.05) is 11.8 Å². The van der Waals surface area contributed by atoms with Gasteiger partial charge in [0, 0.05) is 23.9 Å². The van der Waals surface area contributed by atoms with Gasteiger partial charge in [0.2, 0.25) is 0 Å². The molecule has 74 valence electrons. The molecule has 14 heavy (non-hydrogen) atoms. The Morgan fingerprint density at radius 1 is 1.36 bits per heavy atom. The first kappa shape index (κ1) is 9.66. The molecule has 0 amide bonds. The van der Waals surface area contributed by atoms with Crippen LogP contribution in [0.1, 0.15) is 11.3 Å². The number of para-hydroxylation sites is 1. The molecule has 0 N–H and O–H groups in total. The van der Waals surface area contributed by atoms with E-state index in [0.717, 1.165) is 5.75 Å². The number of hydrogen-bond acceptors (Lipinski definition) is 1. The lowest BCUT2D eigenvalue weighted by Crippen LogP contribution is -1.94. The summed E-state index contributed by atoms with van der Waals surface area (Å²) in [6.07, 6.45) is 2.14. The van der Waals surface area contributed by atoms with Crippen molar-refractivity contribution in [3.8, 4) is 0 Å². The lowest BCUT2D eigenvalue weighted by Gasteiger charge is -2.03. The van der Waals surface area contributed by atoms with E-state index in [9.17, 15) is 0 Å². The minimum absolute atomic E-state index is 1.09. The maximum Gasteiger partial charge on any atom is 0.0509 e. The molecule has 0 saturated heterocycles. The predicted octanol–water partition coefficient (Wildman–Crippen LogP) is 3.35. The molecule has 2 heteroatoms. The molecule has 0 unspecified atom stereocenters. The van der Waals surface area contributed by atoms with E-state index in [0.29, 0.717) is 0 Å². The summed E-state index contributed by atoms with van der Waals surface area (Å²) in [5, 5.41) is 1.36. The molecule has 0 fully saturated rings. The molecular formula is C12H15NS. The second-order valence-corrected chi connectivity index (χ2v) is 4.51. The first-order chi connectivity index (χ1) is 6.74. The zero-order chi connectivity index (χ0) is 10.1. The van der Waals surface area contributed by atoms with Crippen LogP contribution in [-0.4, -0.2) is 10.8 Å². The van der Waals surface area contributed by atoms with Crippen LogP contribution in [0, 0.1) is 6.92 Å². The second-order valence-electron chi connectivity index (χ2n) is 3.64. The van der Waals surface area contributed by atoms with Gasteiger partial charge in [-0.2, -0.15) is 11.8 Å². The van der Waals surface area contributed by atoms with E-state index < -0.39 is 0 Å². The molecule has 0 aliphatic heterocycles. The van der Waals surface area contributed by atoms with Crippen molar-refractivity contribution in [1.82, 2.24) is 4.57 Å². The second kappa shape index (κ2) is 3.70. The lowest BCUT2D eigenvalue weighted by atomic mass is 10.2. The normalized spacial score (nSPS) is 11.1. The minimum Gasteiger partial charge on any atom is -0.347 e. The first-order valence-corrected chi connectivity index (χ1v) is 6.16. The maximum atomic E-state index is 2.31. The van der Waals surface area contributed by atoms with E-state index in [-0.39, 0.29) is 0 Å². The molecule has 1 nitrogen and oxygen atoms in total. The zero-order valence-electron chi connectivity index (χ0n) is 8.87. The monoisotopic (exact) mass is 205 g/mol. The van der Waals surface area contributed by atoms with Crippen LogP contribution in [0.2, 0.25) is 0 Å². The van der Waals surface area contributed by atoms with Crippen LogP contribution >= 0.6 is 11.8 Å². The molecule has 0 atom stereocenters. The van der Waals surface area contributed by atoms with Crippen molar-refractivity contribution in [1.29, 1.82) is 0 Å². The fourth-order valence-electron chi connectivity index (χ4n) is 1.96. The number of aryl methyl sites for hydroxylation is 2. The van der Waals surface area contributed by atoms with Crippen molar-refractivity contribution in [2.45, 2.75) is 12.7 Å². The van der Waals surface area contributed by atoms with E-state index in [2.05, 4.69) is 49.1 Å². The zero-order valence-corrected chi connectivity index (χ0v) is 9.69. The third-order valence-electron chi connectivity index (χ3n) is 2.65. The number of hydrogen-bond donors (Lipinski definition) is 0. The quantitative estimate of drug-likeness (QED) is 0.728. The molecule has 0 saturated carbocycles. The van der Waals surface area contributed by atoms with Crippen LogP contribution < -0.4 is 0 Å². The van der Waals surface area contributed by atoms with E-state index >= 15 is 0 Å². The molecule has 0 aliphatic carbocycles. The molecule has 0 radical (unpaired) electrons. The fourth-order valence-corrected chi connectivity index (χ4v) is 2.54. The Labute approximate surface area is 89.1 Å². The largest absolute Gasteiger partial charge is 0.347 e. The Balaban J connectivity index is 2.68. The van der Waals surface area contributed by atoms with E-state index in [1.54, 1.807) is 0 Å². The van der Waals surface area contributed by atoms with Gasteiger partial charge in [-0.15, -0.1) is 0 Å². The molecule has 0 spiro atoms. The third-order valence-corrected chi connectivity index (χ3v) is 3.23. The summed E-state index contributed by atoms with van der Waals surface area (Å²) in [5.74, 6) is 1.09. The average Bonchev–Trinajstić information content (AvgIpc) is 2.46. The summed E-state index contributed by atoms with van der Waals surface area (Å²) < 4.78 is 2.31. The average molecular weight is 205 g/mol. The topological polar surface area (TPSA) is 4.93 Å². The van der Waals surface area contributed by atoms with Crippen LogP contribution in [0.3, 0.4) is 0 Å². The van der Waals surface area contributed by atoms with Gasteiger partial charge in [-0.25, -0.2) is 0 Å². The Kier molecular flexibility index (Phi) is 2.55. The van der Waals surface area contributed by atoms with Crippen molar-refractivity contribution < 1.29 is 0 Å². The molecule has 0 aliphatic rings. The van der Waals surface area contributed by atoms with Gasteiger partial charge in [-0.05, 0) is 24.8 Å². The van der Waals surface area contributed by atoms with Crippen molar-refractivity contribution in [3.63, 3.8) is 0 Å². The Hall–Kier alpha value is -0.890. The molecule has 1 heterocycles. The number of nitrogens with zero attached hydrogens (tertiary/aromatic N) is 1. The smallest absolute Gasteiger partial charge is 0.0509 e. The number of thioether (sulfide) groups is 1. The highest BCUT2D eigenvalue weighted by Gasteiger charge is 2.06. The summed E-state index contributed by atoms with van der Waals surface area (Å²) in [6, 6.07) is 8.77. The standard InChI is InChI=1S/C12H15NS/c1-9-5-4-6-10-7-11(8-14-3)13(2)12(9)10/h4-7H,8H2,1-3H3. The van der Waals surface area contributed by atoms with Crippen LogP contribution in [-0.2, 0) is 12.8 Å². The molecule has 1 aromatic heterocycles. The van der Waals surface area contributed by atoms with Crippen LogP contribution in [0.5, 0.6) is 0 Å². The number of benzene rings is 1. The summed E-state index contributed by atoms with van der Waals surface area (Å²) >= 11 is 1.87. The number of aromatic nitrogens is 1. The van der Waals surface area contributed by atoms with E-state index in [4.69, 9.17) is 0 Å². The summed E-state index contributed by atoms with van der Waals surface area (Å²) in [4.78, 5) is 0. The van der Waals surface area contributed by atoms with Gasteiger partial charge in [-0.3, -0.25) is 0 Å².